The lowest BCUT2D eigenvalue weighted by molar-refractivity contribution is -0.136. The maximum atomic E-state index is 13.0. The second-order valence-electron chi connectivity index (χ2n) is 8.44. The molecule has 1 aliphatic heterocycles. The van der Waals surface area contributed by atoms with E-state index >= 15 is 0 Å². The lowest BCUT2D eigenvalue weighted by Crippen LogP contribution is -2.42. The Labute approximate surface area is 201 Å². The highest BCUT2D eigenvalue weighted by Crippen LogP contribution is 2.32. The monoisotopic (exact) mass is 487 g/mol. The van der Waals surface area contributed by atoms with E-state index in [0.717, 1.165) is 17.5 Å². The molecular formula is C24H23Cl2N3O4. The van der Waals surface area contributed by atoms with Crippen LogP contribution in [0.5, 0.6) is 0 Å². The molecule has 33 heavy (non-hydrogen) atoms. The highest BCUT2D eigenvalue weighted by Gasteiger charge is 2.34. The first kappa shape index (κ1) is 23.3. The van der Waals surface area contributed by atoms with Crippen LogP contribution in [-0.2, 0) is 22.6 Å². The van der Waals surface area contributed by atoms with Crippen LogP contribution in [-0.4, -0.2) is 23.6 Å². The van der Waals surface area contributed by atoms with Crippen molar-refractivity contribution in [2.24, 2.45) is 11.8 Å². The third kappa shape index (κ3) is 5.72. The van der Waals surface area contributed by atoms with Crippen molar-refractivity contribution in [2.45, 2.75) is 38.6 Å². The van der Waals surface area contributed by atoms with Crippen LogP contribution in [0.4, 0.5) is 10.5 Å². The second kappa shape index (κ2) is 9.93. The summed E-state index contributed by atoms with van der Waals surface area (Å²) in [6, 6.07) is 9.93. The summed E-state index contributed by atoms with van der Waals surface area (Å²) >= 11 is 11.9. The zero-order valence-corrected chi connectivity index (χ0v) is 19.3. The Morgan fingerprint density at radius 1 is 0.970 bits per heavy atom. The number of urea groups is 1. The van der Waals surface area contributed by atoms with Crippen LogP contribution in [0.25, 0.3) is 0 Å². The summed E-state index contributed by atoms with van der Waals surface area (Å²) in [7, 11) is 0. The molecule has 0 spiro atoms. The smallest absolute Gasteiger partial charge is 0.319 e. The van der Waals surface area contributed by atoms with E-state index in [1.54, 1.807) is 24.3 Å². The van der Waals surface area contributed by atoms with E-state index in [4.69, 9.17) is 23.2 Å². The SMILES string of the molecule is O=C1CCC(CC2CCc3cc(CNC(=O)Nc4cc(Cl)cc(Cl)c4)ccc3C2=O)C(=O)N1. The number of hydrogen-bond acceptors (Lipinski definition) is 4. The number of carbonyl (C=O) groups is 4. The quantitative estimate of drug-likeness (QED) is 0.539. The summed E-state index contributed by atoms with van der Waals surface area (Å²) in [5, 5.41) is 8.68. The number of rotatable bonds is 5. The van der Waals surface area contributed by atoms with Crippen LogP contribution < -0.4 is 16.0 Å². The molecule has 0 radical (unpaired) electrons. The number of fused-ring (bicyclic) bond motifs is 1. The molecule has 9 heteroatoms. The minimum absolute atomic E-state index is 0.0380. The van der Waals surface area contributed by atoms with Crippen molar-refractivity contribution >= 4 is 52.5 Å². The minimum atomic E-state index is -0.397. The van der Waals surface area contributed by atoms with Crippen molar-refractivity contribution < 1.29 is 19.2 Å². The zero-order valence-electron chi connectivity index (χ0n) is 17.8. The normalized spacial score (nSPS) is 20.1. The van der Waals surface area contributed by atoms with E-state index in [1.165, 1.54) is 0 Å². The van der Waals surface area contributed by atoms with E-state index in [9.17, 15) is 19.2 Å². The maximum Gasteiger partial charge on any atom is 0.319 e. The Bertz CT molecular complexity index is 1110. The van der Waals surface area contributed by atoms with Crippen LogP contribution in [0.3, 0.4) is 0 Å². The number of hydrogen-bond donors (Lipinski definition) is 3. The molecule has 172 valence electrons. The summed E-state index contributed by atoms with van der Waals surface area (Å²) in [6.07, 6.45) is 2.67. The molecule has 4 rings (SSSR count). The van der Waals surface area contributed by atoms with Crippen LogP contribution in [0, 0.1) is 11.8 Å². The van der Waals surface area contributed by atoms with Crippen LogP contribution >= 0.6 is 23.2 Å². The van der Waals surface area contributed by atoms with Crippen LogP contribution in [0.1, 0.15) is 47.2 Å². The van der Waals surface area contributed by atoms with Gasteiger partial charge in [-0.3, -0.25) is 19.7 Å². The number of carbonyl (C=O) groups excluding carboxylic acids is 4. The largest absolute Gasteiger partial charge is 0.334 e. The number of Topliss-reactive ketones (excluding diaryl/α,β-unsaturated/α-hetero) is 1. The predicted molar refractivity (Wildman–Crippen MR) is 125 cm³/mol. The van der Waals surface area contributed by atoms with Gasteiger partial charge in [-0.25, -0.2) is 4.79 Å². The number of ketones is 1. The number of imide groups is 1. The molecule has 1 saturated heterocycles. The lowest BCUT2D eigenvalue weighted by Gasteiger charge is -2.28. The topological polar surface area (TPSA) is 104 Å². The number of nitrogens with one attached hydrogen (secondary N) is 3. The summed E-state index contributed by atoms with van der Waals surface area (Å²) in [6.45, 7) is 0.293. The average Bonchev–Trinajstić information content (AvgIpc) is 2.75. The summed E-state index contributed by atoms with van der Waals surface area (Å²) < 4.78 is 0. The molecule has 2 aromatic carbocycles. The number of anilines is 1. The Balaban J connectivity index is 1.34. The van der Waals surface area contributed by atoms with Crippen molar-refractivity contribution in [3.05, 3.63) is 63.1 Å². The van der Waals surface area contributed by atoms with E-state index in [0.29, 0.717) is 53.5 Å². The van der Waals surface area contributed by atoms with Crippen molar-refractivity contribution in [1.29, 1.82) is 0 Å². The molecule has 7 nitrogen and oxygen atoms in total. The molecule has 2 unspecified atom stereocenters. The Hall–Kier alpha value is -2.90. The highest BCUT2D eigenvalue weighted by molar-refractivity contribution is 6.35. The second-order valence-corrected chi connectivity index (χ2v) is 9.31. The standard InChI is InChI=1S/C24H23Cl2N3O4/c25-17-9-18(26)11-19(10-17)28-24(33)27-12-13-1-5-20-14(7-13)2-3-15(22(20)31)8-16-4-6-21(30)29-23(16)32/h1,5,7,9-11,15-16H,2-4,6,8,12H2,(H2,27,28,33)(H,29,30,32). The zero-order chi connectivity index (χ0) is 23.5. The van der Waals surface area contributed by atoms with Gasteiger partial charge in [0.1, 0.15) is 0 Å². The fourth-order valence-corrected chi connectivity index (χ4v) is 4.93. The Kier molecular flexibility index (Phi) is 7.00. The molecule has 1 aliphatic carbocycles. The van der Waals surface area contributed by atoms with Gasteiger partial charge in [-0.1, -0.05) is 41.4 Å². The number of aryl methyl sites for hydroxylation is 1. The van der Waals surface area contributed by atoms with Gasteiger partial charge in [-0.2, -0.15) is 0 Å². The molecule has 0 saturated carbocycles. The molecule has 4 amide bonds. The number of halogens is 2. The van der Waals surface area contributed by atoms with Crippen molar-refractivity contribution in [3.8, 4) is 0 Å². The molecule has 1 fully saturated rings. The Morgan fingerprint density at radius 3 is 2.42 bits per heavy atom. The van der Waals surface area contributed by atoms with Gasteiger partial charge in [0.15, 0.2) is 5.78 Å². The van der Waals surface area contributed by atoms with Crippen LogP contribution in [0.2, 0.25) is 10.0 Å². The van der Waals surface area contributed by atoms with E-state index in [1.807, 2.05) is 12.1 Å². The maximum absolute atomic E-state index is 13.0. The minimum Gasteiger partial charge on any atom is -0.334 e. The molecule has 3 N–H and O–H groups in total. The molecule has 0 bridgehead atoms. The first-order chi connectivity index (χ1) is 15.8. The summed E-state index contributed by atoms with van der Waals surface area (Å²) in [5.74, 6) is -1.00. The van der Waals surface area contributed by atoms with Crippen molar-refractivity contribution in [2.75, 3.05) is 5.32 Å². The summed E-state index contributed by atoms with van der Waals surface area (Å²) in [4.78, 5) is 48.6. The third-order valence-corrected chi connectivity index (χ3v) is 6.50. The van der Waals surface area contributed by atoms with Gasteiger partial charge >= 0.3 is 6.03 Å². The van der Waals surface area contributed by atoms with Gasteiger partial charge in [0.2, 0.25) is 11.8 Å². The third-order valence-electron chi connectivity index (χ3n) is 6.06. The number of piperidine rings is 1. The molecule has 2 aliphatic rings. The first-order valence-electron chi connectivity index (χ1n) is 10.8. The Morgan fingerprint density at radius 2 is 1.70 bits per heavy atom. The van der Waals surface area contributed by atoms with E-state index < -0.39 is 6.03 Å². The van der Waals surface area contributed by atoms with E-state index in [-0.39, 0.29) is 29.4 Å². The average molecular weight is 488 g/mol. The van der Waals surface area contributed by atoms with Gasteiger partial charge in [-0.05, 0) is 55.0 Å². The first-order valence-corrected chi connectivity index (χ1v) is 11.5. The summed E-state index contributed by atoms with van der Waals surface area (Å²) in [5.41, 5.74) is 2.98. The highest BCUT2D eigenvalue weighted by atomic mass is 35.5. The molecular weight excluding hydrogens is 465 g/mol. The van der Waals surface area contributed by atoms with Gasteiger partial charge in [0.25, 0.3) is 0 Å². The molecule has 2 atom stereocenters. The fraction of sp³-hybridized carbons (Fsp3) is 0.333. The molecule has 0 aromatic heterocycles. The molecule has 1 heterocycles. The number of amides is 4. The van der Waals surface area contributed by atoms with Crippen LogP contribution in [0.15, 0.2) is 36.4 Å². The fourth-order valence-electron chi connectivity index (χ4n) is 4.40. The predicted octanol–water partition coefficient (Wildman–Crippen LogP) is 4.50. The van der Waals surface area contributed by atoms with Gasteiger partial charge in [-0.15, -0.1) is 0 Å². The lowest BCUT2D eigenvalue weighted by atomic mass is 9.76. The van der Waals surface area contributed by atoms with Crippen molar-refractivity contribution in [1.82, 2.24) is 10.6 Å². The van der Waals surface area contributed by atoms with Gasteiger partial charge in [0.05, 0.1) is 0 Å². The molecule has 2 aromatic rings. The van der Waals surface area contributed by atoms with Gasteiger partial charge in [0, 0.05) is 46.1 Å². The van der Waals surface area contributed by atoms with E-state index in [2.05, 4.69) is 16.0 Å². The van der Waals surface area contributed by atoms with Crippen molar-refractivity contribution in [3.63, 3.8) is 0 Å². The van der Waals surface area contributed by atoms with Gasteiger partial charge < -0.3 is 10.6 Å². The number of benzene rings is 2.